The minimum Gasteiger partial charge on any atom is -0.483 e. The van der Waals surface area contributed by atoms with Gasteiger partial charge in [-0.15, -0.1) is 0 Å². The molecule has 1 unspecified atom stereocenters. The van der Waals surface area contributed by atoms with Gasteiger partial charge in [0, 0.05) is 17.7 Å². The van der Waals surface area contributed by atoms with Crippen LogP contribution in [-0.2, 0) is 11.2 Å². The molecular formula is C10H11NO2. The quantitative estimate of drug-likeness (QED) is 0.605. The van der Waals surface area contributed by atoms with Crippen LogP contribution in [-0.4, -0.2) is 11.9 Å². The van der Waals surface area contributed by atoms with E-state index in [2.05, 4.69) is 0 Å². The second-order valence-corrected chi connectivity index (χ2v) is 3.27. The van der Waals surface area contributed by atoms with Crippen molar-refractivity contribution in [1.82, 2.24) is 0 Å². The zero-order valence-electron chi connectivity index (χ0n) is 7.41. The van der Waals surface area contributed by atoms with Gasteiger partial charge in [-0.3, -0.25) is 4.79 Å². The lowest BCUT2D eigenvalue weighted by molar-refractivity contribution is -0.125. The number of Topliss-reactive ketones (excluding diaryl/α,β-unsaturated/α-hetero) is 1. The van der Waals surface area contributed by atoms with Gasteiger partial charge in [-0.2, -0.15) is 0 Å². The van der Waals surface area contributed by atoms with Crippen molar-refractivity contribution in [2.24, 2.45) is 0 Å². The lowest BCUT2D eigenvalue weighted by Gasteiger charge is -2.22. The highest BCUT2D eigenvalue weighted by atomic mass is 16.5. The van der Waals surface area contributed by atoms with E-state index in [1.165, 1.54) is 0 Å². The van der Waals surface area contributed by atoms with Gasteiger partial charge in [0.05, 0.1) is 0 Å². The first-order chi connectivity index (χ1) is 6.16. The van der Waals surface area contributed by atoms with Crippen LogP contribution in [0.25, 0.3) is 0 Å². The summed E-state index contributed by atoms with van der Waals surface area (Å²) in [6.07, 6.45) is 0.109. The van der Waals surface area contributed by atoms with Crippen LogP contribution in [0.2, 0.25) is 0 Å². The predicted molar refractivity (Wildman–Crippen MR) is 49.7 cm³/mol. The maximum atomic E-state index is 11.3. The summed E-state index contributed by atoms with van der Waals surface area (Å²) < 4.78 is 5.39. The molecule has 3 heteroatoms. The maximum Gasteiger partial charge on any atom is 0.177 e. The minimum atomic E-state index is -0.323. The molecule has 3 nitrogen and oxygen atoms in total. The normalized spacial score (nSPS) is 20.7. The van der Waals surface area contributed by atoms with E-state index in [1.54, 1.807) is 19.1 Å². The van der Waals surface area contributed by atoms with Gasteiger partial charge >= 0.3 is 0 Å². The fraction of sp³-hybridized carbons (Fsp3) is 0.300. The highest BCUT2D eigenvalue weighted by Crippen LogP contribution is 2.27. The van der Waals surface area contributed by atoms with E-state index in [0.717, 1.165) is 11.3 Å². The van der Waals surface area contributed by atoms with Gasteiger partial charge in [-0.05, 0) is 25.1 Å². The number of fused-ring (bicyclic) bond motifs is 1. The predicted octanol–water partition coefficient (Wildman–Crippen LogP) is 1.16. The summed E-state index contributed by atoms with van der Waals surface area (Å²) in [5.41, 5.74) is 7.16. The van der Waals surface area contributed by atoms with Gasteiger partial charge < -0.3 is 10.5 Å². The Bertz CT molecular complexity index is 360. The topological polar surface area (TPSA) is 52.3 Å². The van der Waals surface area contributed by atoms with Crippen molar-refractivity contribution in [2.45, 2.75) is 19.4 Å². The molecule has 1 aromatic carbocycles. The molecular weight excluding hydrogens is 166 g/mol. The van der Waals surface area contributed by atoms with Crippen LogP contribution in [0.3, 0.4) is 0 Å². The second-order valence-electron chi connectivity index (χ2n) is 3.27. The Labute approximate surface area is 76.5 Å². The summed E-state index contributed by atoms with van der Waals surface area (Å²) >= 11 is 0. The van der Waals surface area contributed by atoms with E-state index in [0.29, 0.717) is 12.1 Å². The van der Waals surface area contributed by atoms with Crippen LogP contribution in [0, 0.1) is 0 Å². The average molecular weight is 177 g/mol. The monoisotopic (exact) mass is 177 g/mol. The Morgan fingerprint density at radius 1 is 1.54 bits per heavy atom. The van der Waals surface area contributed by atoms with E-state index >= 15 is 0 Å². The van der Waals surface area contributed by atoms with Crippen LogP contribution in [0.15, 0.2) is 18.2 Å². The summed E-state index contributed by atoms with van der Waals surface area (Å²) in [6, 6.07) is 5.38. The number of ketones is 1. The number of benzene rings is 1. The van der Waals surface area contributed by atoms with Crippen molar-refractivity contribution in [3.63, 3.8) is 0 Å². The average Bonchev–Trinajstić information content (AvgIpc) is 2.08. The summed E-state index contributed by atoms with van der Waals surface area (Å²) in [6.45, 7) is 1.77. The smallest absolute Gasteiger partial charge is 0.177 e. The van der Waals surface area contributed by atoms with E-state index in [-0.39, 0.29) is 11.9 Å². The van der Waals surface area contributed by atoms with Crippen LogP contribution in [0.5, 0.6) is 5.75 Å². The highest BCUT2D eigenvalue weighted by Gasteiger charge is 2.23. The molecule has 1 aliphatic heterocycles. The molecule has 1 aromatic rings. The van der Waals surface area contributed by atoms with Crippen LogP contribution < -0.4 is 10.5 Å². The van der Waals surface area contributed by atoms with Crippen LogP contribution in [0.1, 0.15) is 12.5 Å². The Kier molecular flexibility index (Phi) is 1.72. The zero-order valence-corrected chi connectivity index (χ0v) is 7.41. The molecule has 1 atom stereocenters. The number of hydrogen-bond acceptors (Lipinski definition) is 3. The van der Waals surface area contributed by atoms with E-state index in [9.17, 15) is 4.79 Å². The van der Waals surface area contributed by atoms with Gasteiger partial charge in [0.1, 0.15) is 5.75 Å². The molecule has 0 bridgehead atoms. The van der Waals surface area contributed by atoms with Crippen molar-refractivity contribution in [2.75, 3.05) is 5.73 Å². The Morgan fingerprint density at radius 2 is 2.31 bits per heavy atom. The first-order valence-electron chi connectivity index (χ1n) is 4.24. The number of anilines is 1. The molecule has 0 amide bonds. The third-order valence-corrected chi connectivity index (χ3v) is 2.21. The summed E-state index contributed by atoms with van der Waals surface area (Å²) in [5, 5.41) is 0. The van der Waals surface area contributed by atoms with Crippen molar-refractivity contribution >= 4 is 11.5 Å². The minimum absolute atomic E-state index is 0.109. The molecule has 0 spiro atoms. The molecule has 0 radical (unpaired) electrons. The lowest BCUT2D eigenvalue weighted by atomic mass is 10.0. The van der Waals surface area contributed by atoms with Gasteiger partial charge in [-0.25, -0.2) is 0 Å². The van der Waals surface area contributed by atoms with E-state index < -0.39 is 0 Å². The molecule has 0 fully saturated rings. The number of carbonyl (C=O) groups excluding carboxylic acids is 1. The molecule has 0 aromatic heterocycles. The third kappa shape index (κ3) is 1.37. The van der Waals surface area contributed by atoms with E-state index in [1.807, 2.05) is 6.07 Å². The number of rotatable bonds is 0. The summed E-state index contributed by atoms with van der Waals surface area (Å²) in [4.78, 5) is 11.3. The maximum absolute atomic E-state index is 11.3. The lowest BCUT2D eigenvalue weighted by Crippen LogP contribution is -2.30. The SMILES string of the molecule is CC1Oc2ccc(N)cc2CC1=O. The number of nitrogens with two attached hydrogens (primary N) is 1. The van der Waals surface area contributed by atoms with Gasteiger partial charge in [0.2, 0.25) is 0 Å². The summed E-state index contributed by atoms with van der Waals surface area (Å²) in [7, 11) is 0. The number of carbonyl (C=O) groups is 1. The second kappa shape index (κ2) is 2.76. The number of nitrogen functional groups attached to an aromatic ring is 1. The molecule has 2 N–H and O–H groups in total. The Morgan fingerprint density at radius 3 is 3.08 bits per heavy atom. The molecule has 1 aliphatic rings. The van der Waals surface area contributed by atoms with Crippen LogP contribution >= 0.6 is 0 Å². The fourth-order valence-corrected chi connectivity index (χ4v) is 1.44. The molecule has 13 heavy (non-hydrogen) atoms. The molecule has 0 saturated heterocycles. The molecule has 0 saturated carbocycles. The summed E-state index contributed by atoms with van der Waals surface area (Å²) in [5.74, 6) is 0.888. The molecule has 2 rings (SSSR count). The molecule has 68 valence electrons. The van der Waals surface area contributed by atoms with Gasteiger partial charge in [-0.1, -0.05) is 0 Å². The first kappa shape index (κ1) is 8.10. The number of ether oxygens (including phenoxy) is 1. The fourth-order valence-electron chi connectivity index (χ4n) is 1.44. The van der Waals surface area contributed by atoms with Gasteiger partial charge in [0.25, 0.3) is 0 Å². The first-order valence-corrected chi connectivity index (χ1v) is 4.24. The van der Waals surface area contributed by atoms with Crippen molar-refractivity contribution in [1.29, 1.82) is 0 Å². The number of hydrogen-bond donors (Lipinski definition) is 1. The zero-order chi connectivity index (χ0) is 9.42. The van der Waals surface area contributed by atoms with Crippen molar-refractivity contribution < 1.29 is 9.53 Å². The van der Waals surface area contributed by atoms with Crippen molar-refractivity contribution in [3.8, 4) is 5.75 Å². The highest BCUT2D eigenvalue weighted by molar-refractivity contribution is 5.87. The Balaban J connectivity index is 2.42. The van der Waals surface area contributed by atoms with E-state index in [4.69, 9.17) is 10.5 Å². The molecule has 0 aliphatic carbocycles. The standard InChI is InChI=1S/C10H11NO2/c1-6-9(12)5-7-4-8(11)2-3-10(7)13-6/h2-4,6H,5,11H2,1H3. The van der Waals surface area contributed by atoms with Crippen LogP contribution in [0.4, 0.5) is 5.69 Å². The van der Waals surface area contributed by atoms with Crippen molar-refractivity contribution in [3.05, 3.63) is 23.8 Å². The Hall–Kier alpha value is -1.51. The third-order valence-electron chi connectivity index (χ3n) is 2.21. The largest absolute Gasteiger partial charge is 0.483 e. The van der Waals surface area contributed by atoms with Gasteiger partial charge in [0.15, 0.2) is 11.9 Å². The molecule has 1 heterocycles.